The zero-order chi connectivity index (χ0) is 9.28. The zero-order valence-corrected chi connectivity index (χ0v) is 6.31. The van der Waals surface area contributed by atoms with E-state index in [0.717, 1.165) is 0 Å². The second kappa shape index (κ2) is 3.04. The van der Waals surface area contributed by atoms with Crippen LogP contribution in [0.1, 0.15) is 0 Å². The molecule has 7 heteroatoms. The minimum atomic E-state index is -4.98. The zero-order valence-electron chi connectivity index (χ0n) is 4.72. The molecule has 0 aliphatic rings. The maximum Gasteiger partial charge on any atom is 0.422 e. The first-order valence-corrected chi connectivity index (χ1v) is 2.94. The van der Waals surface area contributed by atoms with Crippen molar-refractivity contribution in [2.24, 2.45) is 0 Å². The molecule has 0 amide bonds. The molecule has 11 heavy (non-hydrogen) atoms. The number of hydrogen-bond donors (Lipinski definition) is 0. The summed E-state index contributed by atoms with van der Waals surface area (Å²) in [4.78, 5) is 0. The summed E-state index contributed by atoms with van der Waals surface area (Å²) in [5.74, 6) is 0. The summed E-state index contributed by atoms with van der Waals surface area (Å²) in [6.45, 7) is 0. The number of allylic oxidation sites excluding steroid dienone is 2. The van der Waals surface area contributed by atoms with Crippen LogP contribution in [0.4, 0.5) is 26.3 Å². The lowest BCUT2D eigenvalue weighted by atomic mass is 10.5. The highest BCUT2D eigenvalue weighted by Gasteiger charge is 2.36. The van der Waals surface area contributed by atoms with E-state index in [2.05, 4.69) is 0 Å². The van der Waals surface area contributed by atoms with Crippen LogP contribution in [0.3, 0.4) is 0 Å². The fraction of sp³-hybridized carbons (Fsp3) is 0.500. The van der Waals surface area contributed by atoms with E-state index in [0.29, 0.717) is 0 Å². The van der Waals surface area contributed by atoms with Crippen molar-refractivity contribution >= 4 is 15.9 Å². The summed E-state index contributed by atoms with van der Waals surface area (Å²) < 4.78 is 65.9. The lowest BCUT2D eigenvalue weighted by Gasteiger charge is -2.05. The highest BCUT2D eigenvalue weighted by atomic mass is 79.9. The fourth-order valence-corrected chi connectivity index (χ4v) is 0.485. The van der Waals surface area contributed by atoms with Crippen LogP contribution in [0.5, 0.6) is 0 Å². The standard InChI is InChI=1S/C4HBrF6/c5-2(4(9,10)11)1-3(6,7)8/h1H/b2-1+. The third kappa shape index (κ3) is 5.11. The maximum atomic E-state index is 11.4. The van der Waals surface area contributed by atoms with E-state index in [1.807, 2.05) is 0 Å². The first-order chi connectivity index (χ1) is 4.63. The van der Waals surface area contributed by atoms with Crippen LogP contribution >= 0.6 is 15.9 Å². The molecule has 0 aliphatic carbocycles. The Hall–Kier alpha value is -0.200. The van der Waals surface area contributed by atoms with Crippen LogP contribution in [0.15, 0.2) is 10.6 Å². The maximum absolute atomic E-state index is 11.4. The first-order valence-electron chi connectivity index (χ1n) is 2.15. The summed E-state index contributed by atoms with van der Waals surface area (Å²) in [6, 6.07) is 0. The largest absolute Gasteiger partial charge is 0.422 e. The van der Waals surface area contributed by atoms with Crippen molar-refractivity contribution in [2.45, 2.75) is 12.4 Å². The molecular formula is C4HBrF6. The van der Waals surface area contributed by atoms with E-state index < -0.39 is 22.9 Å². The van der Waals surface area contributed by atoms with Crippen LogP contribution in [0.2, 0.25) is 0 Å². The van der Waals surface area contributed by atoms with E-state index in [1.54, 1.807) is 15.9 Å². The third-order valence-electron chi connectivity index (χ3n) is 0.561. The molecule has 0 aromatic heterocycles. The van der Waals surface area contributed by atoms with Gasteiger partial charge in [-0.1, -0.05) is 0 Å². The predicted octanol–water partition coefficient (Wildman–Crippen LogP) is 3.39. The van der Waals surface area contributed by atoms with E-state index >= 15 is 0 Å². The molecule has 0 aromatic carbocycles. The molecular weight excluding hydrogens is 242 g/mol. The fourth-order valence-electron chi connectivity index (χ4n) is 0.226. The Morgan fingerprint density at radius 3 is 1.45 bits per heavy atom. The Kier molecular flexibility index (Phi) is 2.98. The monoisotopic (exact) mass is 242 g/mol. The molecule has 0 fully saturated rings. The van der Waals surface area contributed by atoms with Gasteiger partial charge in [-0.15, -0.1) is 0 Å². The van der Waals surface area contributed by atoms with Crippen molar-refractivity contribution in [3.8, 4) is 0 Å². The summed E-state index contributed by atoms with van der Waals surface area (Å²) in [5.41, 5.74) is 0. The molecule has 0 spiro atoms. The van der Waals surface area contributed by atoms with E-state index in [9.17, 15) is 26.3 Å². The highest BCUT2D eigenvalue weighted by molar-refractivity contribution is 9.11. The molecule has 0 unspecified atom stereocenters. The van der Waals surface area contributed by atoms with Gasteiger partial charge in [0.05, 0.1) is 0 Å². The number of hydrogen-bond acceptors (Lipinski definition) is 0. The van der Waals surface area contributed by atoms with Crippen LogP contribution in [-0.4, -0.2) is 12.4 Å². The van der Waals surface area contributed by atoms with Crippen molar-refractivity contribution in [2.75, 3.05) is 0 Å². The Labute approximate surface area is 66.0 Å². The summed E-state index contributed by atoms with van der Waals surface area (Å²) in [7, 11) is 0. The van der Waals surface area contributed by atoms with Crippen molar-refractivity contribution in [3.63, 3.8) is 0 Å². The van der Waals surface area contributed by atoms with Gasteiger partial charge in [0.15, 0.2) is 0 Å². The lowest BCUT2D eigenvalue weighted by Crippen LogP contribution is -2.11. The molecule has 0 saturated heterocycles. The molecule has 0 heterocycles. The lowest BCUT2D eigenvalue weighted by molar-refractivity contribution is -0.100. The Morgan fingerprint density at radius 1 is 1.00 bits per heavy atom. The SMILES string of the molecule is FC(F)(F)/C=C(/Br)C(F)(F)F. The molecule has 0 aliphatic heterocycles. The first kappa shape index (κ1) is 10.8. The normalized spacial score (nSPS) is 15.4. The summed E-state index contributed by atoms with van der Waals surface area (Å²) >= 11 is 1.75. The van der Waals surface area contributed by atoms with Gasteiger partial charge in [0.1, 0.15) is 4.48 Å². The van der Waals surface area contributed by atoms with Gasteiger partial charge < -0.3 is 0 Å². The van der Waals surface area contributed by atoms with Gasteiger partial charge in [-0.3, -0.25) is 0 Å². The van der Waals surface area contributed by atoms with Crippen LogP contribution < -0.4 is 0 Å². The highest BCUT2D eigenvalue weighted by Crippen LogP contribution is 2.33. The molecule has 0 atom stereocenters. The molecule has 0 aromatic rings. The second-order valence-electron chi connectivity index (χ2n) is 1.53. The quantitative estimate of drug-likeness (QED) is 0.572. The van der Waals surface area contributed by atoms with Gasteiger partial charge in [-0.25, -0.2) is 0 Å². The van der Waals surface area contributed by atoms with Crippen molar-refractivity contribution in [1.29, 1.82) is 0 Å². The number of alkyl halides is 6. The molecule has 66 valence electrons. The van der Waals surface area contributed by atoms with E-state index in [-0.39, 0.29) is 0 Å². The van der Waals surface area contributed by atoms with Crippen molar-refractivity contribution < 1.29 is 26.3 Å². The molecule has 0 N–H and O–H groups in total. The summed E-state index contributed by atoms with van der Waals surface area (Å²) in [6.07, 6.45) is -10.8. The Bertz CT molecular complexity index is 162. The molecule has 0 nitrogen and oxygen atoms in total. The van der Waals surface area contributed by atoms with Crippen LogP contribution in [-0.2, 0) is 0 Å². The Morgan fingerprint density at radius 2 is 1.36 bits per heavy atom. The minimum absolute atomic E-state index is 0.854. The van der Waals surface area contributed by atoms with Gasteiger partial charge in [0.2, 0.25) is 0 Å². The number of halogens is 7. The Balaban J connectivity index is 4.49. The average molecular weight is 243 g/mol. The van der Waals surface area contributed by atoms with Gasteiger partial charge >= 0.3 is 12.4 Å². The van der Waals surface area contributed by atoms with Gasteiger partial charge in [0, 0.05) is 6.08 Å². The molecule has 0 bridgehead atoms. The van der Waals surface area contributed by atoms with Crippen molar-refractivity contribution in [1.82, 2.24) is 0 Å². The van der Waals surface area contributed by atoms with Gasteiger partial charge in [0.25, 0.3) is 0 Å². The van der Waals surface area contributed by atoms with E-state index in [4.69, 9.17) is 0 Å². The molecule has 0 rings (SSSR count). The summed E-state index contributed by atoms with van der Waals surface area (Å²) in [5, 5.41) is 0. The molecule has 0 radical (unpaired) electrons. The van der Waals surface area contributed by atoms with Crippen molar-refractivity contribution in [3.05, 3.63) is 10.6 Å². The second-order valence-corrected chi connectivity index (χ2v) is 2.39. The third-order valence-corrected chi connectivity index (χ3v) is 1.24. The average Bonchev–Trinajstić information content (AvgIpc) is 1.56. The predicted molar refractivity (Wildman–Crippen MR) is 29.1 cm³/mol. The topological polar surface area (TPSA) is 0 Å². The van der Waals surface area contributed by atoms with Crippen LogP contribution in [0, 0.1) is 0 Å². The van der Waals surface area contributed by atoms with Gasteiger partial charge in [-0.05, 0) is 15.9 Å². The minimum Gasteiger partial charge on any atom is -0.167 e. The van der Waals surface area contributed by atoms with Gasteiger partial charge in [-0.2, -0.15) is 26.3 Å². The van der Waals surface area contributed by atoms with Crippen LogP contribution in [0.25, 0.3) is 0 Å². The smallest absolute Gasteiger partial charge is 0.167 e. The molecule has 0 saturated carbocycles. The number of rotatable bonds is 0. The van der Waals surface area contributed by atoms with E-state index in [1.165, 1.54) is 0 Å².